The number of ether oxygens (including phenoxy) is 2. The SMILES string of the molecule is Cc1c(F)ccc2cccc(-c3ncc4c5nc(nc4c3F)OC[C@]34CCCN3C[C@@H](C4)OCCC(=O)N(C)C[C@@]34CC[C@@H](CN5C3)N4)c12. The van der Waals surface area contributed by atoms with Crippen molar-refractivity contribution in [2.45, 2.75) is 68.7 Å². The van der Waals surface area contributed by atoms with Crippen molar-refractivity contribution in [1.82, 2.24) is 30.1 Å². The van der Waals surface area contributed by atoms with E-state index in [-0.39, 0.29) is 52.2 Å². The molecule has 2 aromatic carbocycles. The number of benzene rings is 2. The van der Waals surface area contributed by atoms with Gasteiger partial charge in [-0.15, -0.1) is 0 Å². The van der Waals surface area contributed by atoms with E-state index in [1.54, 1.807) is 25.3 Å². The number of carbonyl (C=O) groups is 1. The summed E-state index contributed by atoms with van der Waals surface area (Å²) in [5.74, 6) is -0.315. The maximum absolute atomic E-state index is 17.0. The molecule has 0 saturated carbocycles. The highest BCUT2D eigenvalue weighted by atomic mass is 19.1. The molecular formula is C37H41F2N7O3. The van der Waals surface area contributed by atoms with Gasteiger partial charge in [-0.2, -0.15) is 9.97 Å². The molecule has 5 aliphatic rings. The number of halogens is 2. The van der Waals surface area contributed by atoms with Crippen LogP contribution in [0.4, 0.5) is 14.6 Å². The largest absolute Gasteiger partial charge is 0.461 e. The number of fused-ring (bicyclic) bond motifs is 9. The summed E-state index contributed by atoms with van der Waals surface area (Å²) in [5.41, 5.74) is 0.590. The Balaban J connectivity index is 1.19. The summed E-state index contributed by atoms with van der Waals surface area (Å²) in [7, 11) is 1.87. The van der Waals surface area contributed by atoms with E-state index in [2.05, 4.69) is 20.1 Å². The molecule has 1 N–H and O–H groups in total. The summed E-state index contributed by atoms with van der Waals surface area (Å²) in [6.07, 6.45) is 6.66. The molecule has 49 heavy (non-hydrogen) atoms. The number of nitrogens with one attached hydrogen (secondary N) is 1. The predicted molar refractivity (Wildman–Crippen MR) is 182 cm³/mol. The highest BCUT2D eigenvalue weighted by Gasteiger charge is 2.50. The molecule has 10 nitrogen and oxygen atoms in total. The molecule has 7 heterocycles. The van der Waals surface area contributed by atoms with Crippen molar-refractivity contribution in [2.75, 3.05) is 57.9 Å². The lowest BCUT2D eigenvalue weighted by Gasteiger charge is -2.44. The Kier molecular flexibility index (Phi) is 7.30. The van der Waals surface area contributed by atoms with Gasteiger partial charge in [0.15, 0.2) is 5.82 Å². The second-order valence-electron chi connectivity index (χ2n) is 14.9. The van der Waals surface area contributed by atoms with Gasteiger partial charge in [0.1, 0.15) is 29.5 Å². The monoisotopic (exact) mass is 669 g/mol. The molecule has 2 aromatic heterocycles. The second kappa shape index (κ2) is 11.5. The Labute approximate surface area is 283 Å². The van der Waals surface area contributed by atoms with Gasteiger partial charge >= 0.3 is 6.01 Å². The quantitative estimate of drug-likeness (QED) is 0.312. The molecule has 4 saturated heterocycles. The lowest BCUT2D eigenvalue weighted by molar-refractivity contribution is -0.132. The molecule has 12 heteroatoms. The fourth-order valence-electron chi connectivity index (χ4n) is 9.39. The van der Waals surface area contributed by atoms with Crippen LogP contribution < -0.4 is 15.0 Å². The first-order valence-electron chi connectivity index (χ1n) is 17.5. The van der Waals surface area contributed by atoms with E-state index in [1.165, 1.54) is 6.07 Å². The van der Waals surface area contributed by atoms with Gasteiger partial charge in [-0.05, 0) is 68.0 Å². The van der Waals surface area contributed by atoms with Crippen LogP contribution in [0.3, 0.4) is 0 Å². The van der Waals surface area contributed by atoms with E-state index >= 15 is 4.39 Å². The fraction of sp³-hybridized carbons (Fsp3) is 0.514. The Bertz CT molecular complexity index is 2000. The minimum atomic E-state index is -0.596. The number of nitrogens with zero attached hydrogens (tertiary/aromatic N) is 6. The normalized spacial score (nSPS) is 29.0. The highest BCUT2D eigenvalue weighted by molar-refractivity contribution is 6.00. The summed E-state index contributed by atoms with van der Waals surface area (Å²) in [6.45, 7) is 5.98. The van der Waals surface area contributed by atoms with Gasteiger partial charge in [0.25, 0.3) is 0 Å². The maximum Gasteiger partial charge on any atom is 0.319 e. The van der Waals surface area contributed by atoms with E-state index in [4.69, 9.17) is 19.4 Å². The first-order valence-corrected chi connectivity index (χ1v) is 17.5. The Morgan fingerprint density at radius 3 is 2.88 bits per heavy atom. The minimum Gasteiger partial charge on any atom is -0.461 e. The number of amides is 1. The molecule has 2 spiro atoms. The van der Waals surface area contributed by atoms with Crippen molar-refractivity contribution in [3.63, 3.8) is 0 Å². The van der Waals surface area contributed by atoms with Crippen LogP contribution in [0.15, 0.2) is 36.5 Å². The number of likely N-dealkylation sites (N-methyl/N-ethyl adjacent to an activating group) is 1. The summed E-state index contributed by atoms with van der Waals surface area (Å²) >= 11 is 0. The molecule has 7 bridgehead atoms. The lowest BCUT2D eigenvalue weighted by atomic mass is 9.94. The van der Waals surface area contributed by atoms with Crippen LogP contribution >= 0.6 is 0 Å². The van der Waals surface area contributed by atoms with Crippen molar-refractivity contribution in [3.05, 3.63) is 53.7 Å². The van der Waals surface area contributed by atoms with Gasteiger partial charge in [-0.1, -0.05) is 24.3 Å². The molecular weight excluding hydrogens is 628 g/mol. The first-order chi connectivity index (χ1) is 23.7. The number of hydrogen-bond acceptors (Lipinski definition) is 9. The van der Waals surface area contributed by atoms with Crippen LogP contribution in [0, 0.1) is 18.6 Å². The predicted octanol–water partition coefficient (Wildman–Crippen LogP) is 4.61. The van der Waals surface area contributed by atoms with Gasteiger partial charge in [-0.3, -0.25) is 14.7 Å². The van der Waals surface area contributed by atoms with Crippen LogP contribution in [-0.2, 0) is 9.53 Å². The third-order valence-corrected chi connectivity index (χ3v) is 11.7. The number of aryl methyl sites for hydroxylation is 1. The average Bonchev–Trinajstić information content (AvgIpc) is 3.74. The summed E-state index contributed by atoms with van der Waals surface area (Å²) < 4.78 is 44.6. The van der Waals surface area contributed by atoms with Crippen LogP contribution in [0.1, 0.15) is 44.1 Å². The summed E-state index contributed by atoms with van der Waals surface area (Å²) in [6, 6.07) is 8.95. The second-order valence-corrected chi connectivity index (χ2v) is 14.9. The highest BCUT2D eigenvalue weighted by Crippen LogP contribution is 2.42. The zero-order valence-corrected chi connectivity index (χ0v) is 28.0. The van der Waals surface area contributed by atoms with Gasteiger partial charge in [0, 0.05) is 51.0 Å². The van der Waals surface area contributed by atoms with Crippen LogP contribution in [0.25, 0.3) is 32.9 Å². The van der Waals surface area contributed by atoms with E-state index < -0.39 is 5.82 Å². The number of aromatic nitrogens is 3. The number of anilines is 1. The summed E-state index contributed by atoms with van der Waals surface area (Å²) in [4.78, 5) is 34.1. The zero-order chi connectivity index (χ0) is 33.5. The van der Waals surface area contributed by atoms with Crippen molar-refractivity contribution in [2.24, 2.45) is 0 Å². The molecule has 0 aliphatic carbocycles. The molecule has 0 unspecified atom stereocenters. The molecule has 256 valence electrons. The average molecular weight is 670 g/mol. The van der Waals surface area contributed by atoms with E-state index in [9.17, 15) is 9.18 Å². The molecule has 0 radical (unpaired) electrons. The van der Waals surface area contributed by atoms with E-state index in [0.29, 0.717) is 67.0 Å². The van der Waals surface area contributed by atoms with Gasteiger partial charge in [0.05, 0.1) is 35.6 Å². The topological polar surface area (TPSA) is 95.9 Å². The smallest absolute Gasteiger partial charge is 0.319 e. The van der Waals surface area contributed by atoms with Crippen molar-refractivity contribution >= 4 is 33.4 Å². The molecule has 4 fully saturated rings. The molecule has 9 rings (SSSR count). The third kappa shape index (κ3) is 5.13. The molecule has 4 aromatic rings. The van der Waals surface area contributed by atoms with E-state index in [0.717, 1.165) is 50.6 Å². The third-order valence-electron chi connectivity index (χ3n) is 11.7. The standard InChI is InChI=1S/C37H41F2N7O3/c1-22-28(38)8-7-23-5-3-6-26(30(22)23)32-31(39)33-27(16-40-32)34-42-35(41-33)49-21-37-11-4-13-46(37)18-25(15-37)48-14-10-29(47)44(2)19-36-12-9-24(43-36)17-45(34)20-36/h3,5-8,16,24-25,43H,4,9-15,17-21H2,1-2H3/t24-,25+,36-,37+/m0/s1. The van der Waals surface area contributed by atoms with Crippen molar-refractivity contribution < 1.29 is 23.0 Å². The van der Waals surface area contributed by atoms with Crippen LogP contribution in [0.5, 0.6) is 6.01 Å². The summed E-state index contributed by atoms with van der Waals surface area (Å²) in [5, 5.41) is 5.72. The zero-order valence-electron chi connectivity index (χ0n) is 28.0. The van der Waals surface area contributed by atoms with Gasteiger partial charge < -0.3 is 24.6 Å². The van der Waals surface area contributed by atoms with Crippen molar-refractivity contribution in [1.29, 1.82) is 0 Å². The molecule has 4 atom stereocenters. The number of rotatable bonds is 1. The van der Waals surface area contributed by atoms with Gasteiger partial charge in [-0.25, -0.2) is 8.78 Å². The number of hydrogen-bond donors (Lipinski definition) is 1. The van der Waals surface area contributed by atoms with E-state index in [1.807, 2.05) is 24.1 Å². The number of pyridine rings is 1. The van der Waals surface area contributed by atoms with Gasteiger partial charge in [0.2, 0.25) is 5.91 Å². The minimum absolute atomic E-state index is 0.00649. The Hall–Kier alpha value is -4.00. The van der Waals surface area contributed by atoms with Crippen molar-refractivity contribution in [3.8, 4) is 17.3 Å². The lowest BCUT2D eigenvalue weighted by Crippen LogP contribution is -2.64. The molecule has 1 amide bonds. The Morgan fingerprint density at radius 1 is 1.08 bits per heavy atom. The maximum atomic E-state index is 17.0. The fourth-order valence-corrected chi connectivity index (χ4v) is 9.39. The first kappa shape index (κ1) is 31.0. The van der Waals surface area contributed by atoms with Crippen LogP contribution in [-0.4, -0.2) is 107 Å². The number of carbonyl (C=O) groups excluding carboxylic acids is 1. The van der Waals surface area contributed by atoms with Crippen LogP contribution in [0.2, 0.25) is 0 Å². The Morgan fingerprint density at radius 2 is 1.98 bits per heavy atom. The number of piperazine rings is 1. The molecule has 5 aliphatic heterocycles.